The third kappa shape index (κ3) is 1.64. The highest BCUT2D eigenvalue weighted by Gasteiger charge is 2.34. The van der Waals surface area contributed by atoms with Gasteiger partial charge in [0.2, 0.25) is 0 Å². The van der Waals surface area contributed by atoms with Crippen LogP contribution >= 0.6 is 0 Å². The van der Waals surface area contributed by atoms with E-state index < -0.39 is 0 Å². The van der Waals surface area contributed by atoms with Crippen molar-refractivity contribution in [3.8, 4) is 0 Å². The smallest absolute Gasteiger partial charge is 0.148 e. The van der Waals surface area contributed by atoms with Crippen LogP contribution in [0.4, 0.5) is 0 Å². The van der Waals surface area contributed by atoms with Gasteiger partial charge >= 0.3 is 0 Å². The lowest BCUT2D eigenvalue weighted by molar-refractivity contribution is 0.429. The van der Waals surface area contributed by atoms with E-state index in [0.29, 0.717) is 0 Å². The number of nitrogens with two attached hydrogens (primary N) is 1. The van der Waals surface area contributed by atoms with Gasteiger partial charge in [0, 0.05) is 11.4 Å². The van der Waals surface area contributed by atoms with Crippen molar-refractivity contribution >= 4 is 0 Å². The molecule has 1 saturated carbocycles. The van der Waals surface area contributed by atoms with E-state index in [4.69, 9.17) is 5.73 Å². The number of aromatic nitrogens is 2. The Morgan fingerprint density at radius 1 is 1.14 bits per heavy atom. The van der Waals surface area contributed by atoms with E-state index >= 15 is 0 Å². The van der Waals surface area contributed by atoms with E-state index in [1.807, 2.05) is 19.9 Å². The number of rotatable bonds is 1. The first kappa shape index (κ1) is 9.59. The highest BCUT2D eigenvalue weighted by Crippen LogP contribution is 2.34. The molecule has 0 aromatic carbocycles. The molecular weight excluding hydrogens is 174 g/mol. The molecule has 1 aromatic heterocycles. The molecule has 2 N–H and O–H groups in total. The molecule has 2 rings (SSSR count). The number of aryl methyl sites for hydroxylation is 2. The second kappa shape index (κ2) is 3.31. The third-order valence-corrected chi connectivity index (χ3v) is 2.92. The second-order valence-corrected chi connectivity index (χ2v) is 4.34. The first-order chi connectivity index (χ1) is 6.60. The van der Waals surface area contributed by atoms with Crippen LogP contribution < -0.4 is 5.73 Å². The molecule has 1 aliphatic carbocycles. The van der Waals surface area contributed by atoms with Crippen molar-refractivity contribution in [1.29, 1.82) is 0 Å². The van der Waals surface area contributed by atoms with Crippen LogP contribution in [-0.2, 0) is 5.54 Å². The minimum Gasteiger partial charge on any atom is -0.319 e. The van der Waals surface area contributed by atoms with Crippen LogP contribution in [0, 0.1) is 13.8 Å². The van der Waals surface area contributed by atoms with E-state index in [9.17, 15) is 0 Å². The van der Waals surface area contributed by atoms with Gasteiger partial charge in [-0.3, -0.25) is 0 Å². The standard InChI is InChI=1S/C11H17N3/c1-8-7-9(2)14-10(13-8)11(12)5-3-4-6-11/h7H,3-6,12H2,1-2H3. The zero-order valence-corrected chi connectivity index (χ0v) is 8.88. The second-order valence-electron chi connectivity index (χ2n) is 4.34. The Bertz CT molecular complexity index is 320. The fourth-order valence-electron chi connectivity index (χ4n) is 2.18. The van der Waals surface area contributed by atoms with E-state index in [-0.39, 0.29) is 5.54 Å². The summed E-state index contributed by atoms with van der Waals surface area (Å²) in [6.45, 7) is 3.99. The van der Waals surface area contributed by atoms with Crippen molar-refractivity contribution in [3.05, 3.63) is 23.3 Å². The van der Waals surface area contributed by atoms with Crippen LogP contribution in [0.3, 0.4) is 0 Å². The lowest BCUT2D eigenvalue weighted by atomic mass is 9.98. The highest BCUT2D eigenvalue weighted by atomic mass is 15.0. The maximum atomic E-state index is 6.29. The maximum Gasteiger partial charge on any atom is 0.148 e. The molecule has 0 bridgehead atoms. The summed E-state index contributed by atoms with van der Waals surface area (Å²) < 4.78 is 0. The Morgan fingerprint density at radius 2 is 1.64 bits per heavy atom. The Labute approximate surface area is 84.8 Å². The van der Waals surface area contributed by atoms with Gasteiger partial charge in [-0.2, -0.15) is 0 Å². The third-order valence-electron chi connectivity index (χ3n) is 2.92. The summed E-state index contributed by atoms with van der Waals surface area (Å²) in [5, 5.41) is 0. The molecule has 0 amide bonds. The molecule has 3 heteroatoms. The molecule has 0 unspecified atom stereocenters. The fourth-order valence-corrected chi connectivity index (χ4v) is 2.18. The van der Waals surface area contributed by atoms with Crippen LogP contribution in [0.25, 0.3) is 0 Å². The predicted octanol–water partition coefficient (Wildman–Crippen LogP) is 1.82. The Hall–Kier alpha value is -0.960. The molecule has 0 atom stereocenters. The number of hydrogen-bond acceptors (Lipinski definition) is 3. The Kier molecular flexibility index (Phi) is 2.27. The first-order valence-corrected chi connectivity index (χ1v) is 5.22. The largest absolute Gasteiger partial charge is 0.319 e. The molecule has 76 valence electrons. The van der Waals surface area contributed by atoms with E-state index in [1.165, 1.54) is 12.8 Å². The molecule has 1 aliphatic rings. The average molecular weight is 191 g/mol. The summed E-state index contributed by atoms with van der Waals surface area (Å²) in [5.74, 6) is 0.840. The van der Waals surface area contributed by atoms with E-state index in [1.54, 1.807) is 0 Å². The predicted molar refractivity (Wildman–Crippen MR) is 55.8 cm³/mol. The lowest BCUT2D eigenvalue weighted by Gasteiger charge is -2.22. The van der Waals surface area contributed by atoms with Gasteiger partial charge in [0.15, 0.2) is 0 Å². The Morgan fingerprint density at radius 3 is 2.14 bits per heavy atom. The van der Waals surface area contributed by atoms with Crippen LogP contribution in [0.5, 0.6) is 0 Å². The molecule has 0 saturated heterocycles. The summed E-state index contributed by atoms with van der Waals surface area (Å²) in [5.41, 5.74) is 8.08. The first-order valence-electron chi connectivity index (χ1n) is 5.22. The van der Waals surface area contributed by atoms with Crippen LogP contribution in [0.1, 0.15) is 42.9 Å². The van der Waals surface area contributed by atoms with Crippen molar-refractivity contribution in [2.75, 3.05) is 0 Å². The topological polar surface area (TPSA) is 51.8 Å². The monoisotopic (exact) mass is 191 g/mol. The van der Waals surface area contributed by atoms with Crippen molar-refractivity contribution in [3.63, 3.8) is 0 Å². The van der Waals surface area contributed by atoms with Crippen LogP contribution in [0.2, 0.25) is 0 Å². The zero-order valence-electron chi connectivity index (χ0n) is 8.88. The van der Waals surface area contributed by atoms with Gasteiger partial charge < -0.3 is 5.73 Å². The summed E-state index contributed by atoms with van der Waals surface area (Å²) in [6, 6.07) is 1.99. The molecule has 1 heterocycles. The van der Waals surface area contributed by atoms with Gasteiger partial charge in [0.1, 0.15) is 5.82 Å². The SMILES string of the molecule is Cc1cc(C)nc(C2(N)CCCC2)n1. The average Bonchev–Trinajstić information content (AvgIpc) is 2.52. The quantitative estimate of drug-likeness (QED) is 0.736. The van der Waals surface area contributed by atoms with Gasteiger partial charge in [-0.15, -0.1) is 0 Å². The molecular formula is C11H17N3. The van der Waals surface area contributed by atoms with Crippen molar-refractivity contribution < 1.29 is 0 Å². The molecule has 3 nitrogen and oxygen atoms in total. The van der Waals surface area contributed by atoms with Gasteiger partial charge in [0.05, 0.1) is 5.54 Å². The summed E-state index contributed by atoms with van der Waals surface area (Å²) in [4.78, 5) is 8.90. The number of nitrogens with zero attached hydrogens (tertiary/aromatic N) is 2. The van der Waals surface area contributed by atoms with Gasteiger partial charge in [0.25, 0.3) is 0 Å². The van der Waals surface area contributed by atoms with Gasteiger partial charge in [-0.05, 0) is 32.8 Å². The van der Waals surface area contributed by atoms with Crippen molar-refractivity contribution in [2.45, 2.75) is 45.1 Å². The summed E-state index contributed by atoms with van der Waals surface area (Å²) >= 11 is 0. The van der Waals surface area contributed by atoms with Gasteiger partial charge in [-0.25, -0.2) is 9.97 Å². The van der Waals surface area contributed by atoms with Crippen molar-refractivity contribution in [2.24, 2.45) is 5.73 Å². The minimum absolute atomic E-state index is 0.253. The van der Waals surface area contributed by atoms with E-state index in [2.05, 4.69) is 9.97 Å². The molecule has 1 fully saturated rings. The van der Waals surface area contributed by atoms with Crippen LogP contribution in [0.15, 0.2) is 6.07 Å². The molecule has 14 heavy (non-hydrogen) atoms. The molecule has 0 aliphatic heterocycles. The number of hydrogen-bond donors (Lipinski definition) is 1. The molecule has 0 radical (unpaired) electrons. The molecule has 0 spiro atoms. The molecule has 1 aromatic rings. The highest BCUT2D eigenvalue weighted by molar-refractivity contribution is 5.15. The summed E-state index contributed by atoms with van der Waals surface area (Å²) in [6.07, 6.45) is 4.45. The minimum atomic E-state index is -0.253. The zero-order chi connectivity index (χ0) is 10.2. The maximum absolute atomic E-state index is 6.29. The van der Waals surface area contributed by atoms with E-state index in [0.717, 1.165) is 30.1 Å². The van der Waals surface area contributed by atoms with Gasteiger partial charge in [-0.1, -0.05) is 12.8 Å². The fraction of sp³-hybridized carbons (Fsp3) is 0.636. The lowest BCUT2D eigenvalue weighted by Crippen LogP contribution is -2.35. The summed E-state index contributed by atoms with van der Waals surface area (Å²) in [7, 11) is 0. The van der Waals surface area contributed by atoms with Crippen LogP contribution in [-0.4, -0.2) is 9.97 Å². The normalized spacial score (nSPS) is 19.9. The Balaban J connectivity index is 2.40. The van der Waals surface area contributed by atoms with Crippen molar-refractivity contribution in [1.82, 2.24) is 9.97 Å².